The largest absolute Gasteiger partial charge is 0.495 e. The summed E-state index contributed by atoms with van der Waals surface area (Å²) >= 11 is 12.6. The van der Waals surface area contributed by atoms with Gasteiger partial charge in [-0.05, 0) is 29.8 Å². The molecule has 0 saturated carbocycles. The molecule has 146 valence electrons. The van der Waals surface area contributed by atoms with E-state index in [2.05, 4.69) is 15.1 Å². The van der Waals surface area contributed by atoms with Crippen molar-refractivity contribution in [1.82, 2.24) is 10.2 Å². The number of halogens is 2. The molecule has 0 spiro atoms. The van der Waals surface area contributed by atoms with Crippen molar-refractivity contribution in [2.24, 2.45) is 0 Å². The van der Waals surface area contributed by atoms with Crippen LogP contribution in [0.2, 0.25) is 10.0 Å². The van der Waals surface area contributed by atoms with Crippen molar-refractivity contribution in [3.8, 4) is 5.75 Å². The van der Waals surface area contributed by atoms with Gasteiger partial charge >= 0.3 is 0 Å². The van der Waals surface area contributed by atoms with Crippen molar-refractivity contribution in [3.05, 3.63) is 51.6 Å². The summed E-state index contributed by atoms with van der Waals surface area (Å²) < 4.78 is 10.7. The van der Waals surface area contributed by atoms with Gasteiger partial charge in [-0.3, -0.25) is 0 Å². The van der Waals surface area contributed by atoms with Gasteiger partial charge in [-0.2, -0.15) is 5.10 Å². The first-order valence-corrected chi connectivity index (χ1v) is 9.72. The lowest BCUT2D eigenvalue weighted by molar-refractivity contribution is 0.122. The average Bonchev–Trinajstić information content (AvgIpc) is 2.71. The molecule has 1 aliphatic heterocycles. The van der Waals surface area contributed by atoms with Gasteiger partial charge in [0.05, 0.1) is 41.8 Å². The molecule has 1 aromatic heterocycles. The van der Waals surface area contributed by atoms with E-state index >= 15 is 0 Å². The van der Waals surface area contributed by atoms with Crippen molar-refractivity contribution in [2.45, 2.75) is 6.42 Å². The summed E-state index contributed by atoms with van der Waals surface area (Å²) in [5.41, 5.74) is 8.61. The summed E-state index contributed by atoms with van der Waals surface area (Å²) in [4.78, 5) is 2.17. The molecule has 0 atom stereocenters. The number of benzene rings is 2. The fourth-order valence-electron chi connectivity index (χ4n) is 3.45. The number of nitrogen functional groups attached to an aromatic ring is 1. The van der Waals surface area contributed by atoms with Gasteiger partial charge in [0.15, 0.2) is 5.82 Å². The molecular weight excluding hydrogens is 399 g/mol. The van der Waals surface area contributed by atoms with Crippen molar-refractivity contribution in [3.63, 3.8) is 0 Å². The number of fused-ring (bicyclic) bond motifs is 1. The molecule has 4 rings (SSSR count). The standard InChI is InChI=1S/C20H20Cl2N4O2/c1-27-17-5-2-12(10-15(17)22)11-16-18-13(3-4-14(21)19(18)23)20(25-24-16)26-6-8-28-9-7-26/h2-5,10H,6-9,11,23H2,1H3. The molecule has 0 radical (unpaired) electrons. The molecule has 0 unspecified atom stereocenters. The van der Waals surface area contributed by atoms with E-state index in [0.717, 1.165) is 40.9 Å². The Bertz CT molecular complexity index is 1020. The number of rotatable bonds is 4. The molecule has 1 saturated heterocycles. The molecule has 0 amide bonds. The van der Waals surface area contributed by atoms with Gasteiger partial charge < -0.3 is 20.1 Å². The van der Waals surface area contributed by atoms with Crippen LogP contribution in [-0.2, 0) is 11.2 Å². The number of methoxy groups -OCH3 is 1. The first-order valence-electron chi connectivity index (χ1n) is 8.97. The Morgan fingerprint density at radius 3 is 2.61 bits per heavy atom. The molecule has 2 aromatic carbocycles. The van der Waals surface area contributed by atoms with Crippen LogP contribution in [0.15, 0.2) is 30.3 Å². The van der Waals surface area contributed by atoms with Gasteiger partial charge in [0.25, 0.3) is 0 Å². The van der Waals surface area contributed by atoms with Crippen LogP contribution < -0.4 is 15.4 Å². The second-order valence-corrected chi connectivity index (χ2v) is 7.41. The third kappa shape index (κ3) is 3.55. The molecule has 1 aliphatic rings. The maximum atomic E-state index is 6.36. The average molecular weight is 419 g/mol. The van der Waals surface area contributed by atoms with E-state index in [1.807, 2.05) is 24.3 Å². The lowest BCUT2D eigenvalue weighted by Crippen LogP contribution is -2.37. The Morgan fingerprint density at radius 1 is 1.11 bits per heavy atom. The minimum atomic E-state index is 0.502. The highest BCUT2D eigenvalue weighted by Gasteiger charge is 2.20. The van der Waals surface area contributed by atoms with E-state index < -0.39 is 0 Å². The fraction of sp³-hybridized carbons (Fsp3) is 0.300. The Morgan fingerprint density at radius 2 is 1.89 bits per heavy atom. The van der Waals surface area contributed by atoms with Crippen LogP contribution in [0, 0.1) is 0 Å². The summed E-state index contributed by atoms with van der Waals surface area (Å²) in [6.07, 6.45) is 0.529. The van der Waals surface area contributed by atoms with Crippen molar-refractivity contribution in [2.75, 3.05) is 44.0 Å². The second kappa shape index (κ2) is 7.99. The van der Waals surface area contributed by atoms with Gasteiger partial charge in [-0.25, -0.2) is 0 Å². The highest BCUT2D eigenvalue weighted by Crippen LogP contribution is 2.36. The van der Waals surface area contributed by atoms with E-state index in [4.69, 9.17) is 38.4 Å². The Kier molecular flexibility index (Phi) is 5.44. The fourth-order valence-corrected chi connectivity index (χ4v) is 3.89. The molecule has 0 aliphatic carbocycles. The van der Waals surface area contributed by atoms with Crippen LogP contribution >= 0.6 is 23.2 Å². The Labute approximate surface area is 173 Å². The van der Waals surface area contributed by atoms with Gasteiger partial charge in [0.2, 0.25) is 0 Å². The normalized spacial score (nSPS) is 14.5. The summed E-state index contributed by atoms with van der Waals surface area (Å²) in [5.74, 6) is 1.43. The van der Waals surface area contributed by atoms with E-state index in [1.165, 1.54) is 0 Å². The quantitative estimate of drug-likeness (QED) is 0.646. The molecule has 3 aromatic rings. The maximum Gasteiger partial charge on any atom is 0.159 e. The van der Waals surface area contributed by atoms with E-state index in [-0.39, 0.29) is 0 Å². The first-order chi connectivity index (χ1) is 13.6. The van der Waals surface area contributed by atoms with Crippen LogP contribution in [0.3, 0.4) is 0 Å². The van der Waals surface area contributed by atoms with Crippen LogP contribution in [0.25, 0.3) is 10.8 Å². The minimum absolute atomic E-state index is 0.502. The predicted octanol–water partition coefficient (Wildman–Crippen LogP) is 3.95. The molecule has 28 heavy (non-hydrogen) atoms. The monoisotopic (exact) mass is 418 g/mol. The summed E-state index contributed by atoms with van der Waals surface area (Å²) in [5, 5.41) is 11.8. The minimum Gasteiger partial charge on any atom is -0.495 e. The van der Waals surface area contributed by atoms with E-state index in [1.54, 1.807) is 13.2 Å². The van der Waals surface area contributed by atoms with Crippen LogP contribution in [0.4, 0.5) is 11.5 Å². The smallest absolute Gasteiger partial charge is 0.159 e. The Hall–Kier alpha value is -2.28. The lowest BCUT2D eigenvalue weighted by Gasteiger charge is -2.28. The number of hydrogen-bond acceptors (Lipinski definition) is 6. The zero-order valence-corrected chi connectivity index (χ0v) is 16.9. The van der Waals surface area contributed by atoms with Crippen LogP contribution in [-0.4, -0.2) is 43.6 Å². The molecule has 8 heteroatoms. The number of ether oxygens (including phenoxy) is 2. The summed E-state index contributed by atoms with van der Waals surface area (Å²) in [7, 11) is 1.59. The SMILES string of the molecule is COc1ccc(Cc2nnc(N3CCOCC3)c3ccc(Cl)c(N)c23)cc1Cl. The van der Waals surface area contributed by atoms with Crippen molar-refractivity contribution in [1.29, 1.82) is 0 Å². The number of hydrogen-bond donors (Lipinski definition) is 1. The predicted molar refractivity (Wildman–Crippen MR) is 113 cm³/mol. The van der Waals surface area contributed by atoms with Crippen molar-refractivity contribution >= 4 is 45.5 Å². The van der Waals surface area contributed by atoms with Crippen LogP contribution in [0.1, 0.15) is 11.3 Å². The molecule has 2 N–H and O–H groups in total. The van der Waals surface area contributed by atoms with E-state index in [0.29, 0.717) is 41.1 Å². The number of anilines is 2. The number of morpholine rings is 1. The van der Waals surface area contributed by atoms with Crippen LogP contribution in [0.5, 0.6) is 5.75 Å². The zero-order chi connectivity index (χ0) is 19.7. The van der Waals surface area contributed by atoms with Gasteiger partial charge in [-0.1, -0.05) is 29.3 Å². The maximum absolute atomic E-state index is 6.36. The van der Waals surface area contributed by atoms with E-state index in [9.17, 15) is 0 Å². The molecule has 1 fully saturated rings. The topological polar surface area (TPSA) is 73.5 Å². The highest BCUT2D eigenvalue weighted by molar-refractivity contribution is 6.35. The molecular formula is C20H20Cl2N4O2. The second-order valence-electron chi connectivity index (χ2n) is 6.60. The number of nitrogens with zero attached hydrogens (tertiary/aromatic N) is 3. The first kappa shape index (κ1) is 19.1. The lowest BCUT2D eigenvalue weighted by atomic mass is 10.0. The molecule has 6 nitrogen and oxygen atoms in total. The highest BCUT2D eigenvalue weighted by atomic mass is 35.5. The number of nitrogens with two attached hydrogens (primary N) is 1. The summed E-state index contributed by atoms with van der Waals surface area (Å²) in [6, 6.07) is 9.42. The zero-order valence-electron chi connectivity index (χ0n) is 15.4. The molecule has 0 bridgehead atoms. The van der Waals surface area contributed by atoms with Gasteiger partial charge in [0.1, 0.15) is 5.75 Å². The molecule has 2 heterocycles. The Balaban J connectivity index is 1.80. The van der Waals surface area contributed by atoms with Crippen molar-refractivity contribution < 1.29 is 9.47 Å². The third-order valence-electron chi connectivity index (χ3n) is 4.89. The third-order valence-corrected chi connectivity index (χ3v) is 5.51. The summed E-state index contributed by atoms with van der Waals surface area (Å²) in [6.45, 7) is 2.86. The number of aromatic nitrogens is 2. The van der Waals surface area contributed by atoms with Gasteiger partial charge in [-0.15, -0.1) is 5.10 Å². The van der Waals surface area contributed by atoms with Gasteiger partial charge in [0, 0.05) is 30.3 Å².